The molecule has 0 radical (unpaired) electrons. The normalized spacial score (nSPS) is 16.2. The standard InChI is InChI=1S/C24H35N5O.HI/c1-19-9-11-22(12-10-19)29-14-13-21(18-29)27-24(25-2)26-17-20-7-5-6-8-23(20)30-16-15-28(3)4;/h5-12,21H,13-18H2,1-4H3,(H2,25,26,27);1H. The minimum Gasteiger partial charge on any atom is -0.492 e. The van der Waals surface area contributed by atoms with Crippen LogP contribution in [0.2, 0.25) is 0 Å². The number of aryl methyl sites for hydroxylation is 1. The molecule has 0 bridgehead atoms. The van der Waals surface area contributed by atoms with E-state index < -0.39 is 0 Å². The zero-order chi connectivity index (χ0) is 21.3. The van der Waals surface area contributed by atoms with E-state index in [-0.39, 0.29) is 24.0 Å². The third-order valence-electron chi connectivity index (χ3n) is 5.37. The van der Waals surface area contributed by atoms with E-state index in [1.165, 1.54) is 11.3 Å². The molecule has 1 atom stereocenters. The number of ether oxygens (including phenoxy) is 1. The second kappa shape index (κ2) is 12.8. The Balaban J connectivity index is 0.00000341. The zero-order valence-corrected chi connectivity index (χ0v) is 21.4. The van der Waals surface area contributed by atoms with Crippen LogP contribution in [-0.2, 0) is 6.54 Å². The molecule has 0 spiro atoms. The maximum absolute atomic E-state index is 5.97. The molecule has 6 nitrogen and oxygen atoms in total. The van der Waals surface area contributed by atoms with Gasteiger partial charge >= 0.3 is 0 Å². The van der Waals surface area contributed by atoms with Crippen LogP contribution < -0.4 is 20.3 Å². The smallest absolute Gasteiger partial charge is 0.191 e. The van der Waals surface area contributed by atoms with Crippen molar-refractivity contribution in [3.05, 3.63) is 59.7 Å². The van der Waals surface area contributed by atoms with Crippen LogP contribution in [0.5, 0.6) is 5.75 Å². The Kier molecular flexibility index (Phi) is 10.4. The Morgan fingerprint density at radius 2 is 1.90 bits per heavy atom. The number of anilines is 1. The predicted octanol–water partition coefficient (Wildman–Crippen LogP) is 3.50. The Labute approximate surface area is 204 Å². The van der Waals surface area contributed by atoms with Crippen molar-refractivity contribution < 1.29 is 4.74 Å². The largest absolute Gasteiger partial charge is 0.492 e. The number of para-hydroxylation sites is 1. The Bertz CT molecular complexity index is 825. The minimum absolute atomic E-state index is 0. The van der Waals surface area contributed by atoms with E-state index in [0.29, 0.717) is 19.2 Å². The van der Waals surface area contributed by atoms with Crippen molar-refractivity contribution in [1.82, 2.24) is 15.5 Å². The molecule has 170 valence electrons. The van der Waals surface area contributed by atoms with Gasteiger partial charge in [-0.2, -0.15) is 0 Å². The SMILES string of the molecule is CN=C(NCc1ccccc1OCCN(C)C)NC1CCN(c2ccc(C)cc2)C1.I. The number of nitrogens with zero attached hydrogens (tertiary/aromatic N) is 3. The molecular formula is C24H36IN5O. The van der Waals surface area contributed by atoms with Crippen LogP contribution in [0.15, 0.2) is 53.5 Å². The van der Waals surface area contributed by atoms with Crippen LogP contribution in [-0.4, -0.2) is 64.3 Å². The fraction of sp³-hybridized carbons (Fsp3) is 0.458. The molecule has 2 N–H and O–H groups in total. The first-order chi connectivity index (χ1) is 14.5. The highest BCUT2D eigenvalue weighted by Crippen LogP contribution is 2.21. The Morgan fingerprint density at radius 3 is 2.61 bits per heavy atom. The summed E-state index contributed by atoms with van der Waals surface area (Å²) in [7, 11) is 5.92. The minimum atomic E-state index is 0. The third kappa shape index (κ3) is 7.88. The number of aliphatic imine (C=N–C) groups is 1. The molecule has 0 aromatic heterocycles. The molecule has 1 unspecified atom stereocenters. The van der Waals surface area contributed by atoms with E-state index in [1.807, 2.05) is 25.2 Å². The zero-order valence-electron chi connectivity index (χ0n) is 19.1. The van der Waals surface area contributed by atoms with Gasteiger partial charge in [0, 0.05) is 50.5 Å². The summed E-state index contributed by atoms with van der Waals surface area (Å²) < 4.78 is 5.97. The summed E-state index contributed by atoms with van der Waals surface area (Å²) in [4.78, 5) is 8.97. The Hall–Kier alpha value is -2.00. The first-order valence-corrected chi connectivity index (χ1v) is 10.7. The van der Waals surface area contributed by atoms with Crippen molar-refractivity contribution in [2.45, 2.75) is 25.9 Å². The second-order valence-electron chi connectivity index (χ2n) is 8.10. The summed E-state index contributed by atoms with van der Waals surface area (Å²) in [6.07, 6.45) is 1.10. The summed E-state index contributed by atoms with van der Waals surface area (Å²) in [5, 5.41) is 7.02. The van der Waals surface area contributed by atoms with E-state index >= 15 is 0 Å². The summed E-state index contributed by atoms with van der Waals surface area (Å²) in [5.74, 6) is 1.75. The van der Waals surface area contributed by atoms with Crippen LogP contribution in [0.4, 0.5) is 5.69 Å². The molecule has 0 aliphatic carbocycles. The van der Waals surface area contributed by atoms with Crippen molar-refractivity contribution in [3.8, 4) is 5.75 Å². The molecule has 31 heavy (non-hydrogen) atoms. The fourth-order valence-corrected chi connectivity index (χ4v) is 3.56. The topological polar surface area (TPSA) is 52.1 Å². The third-order valence-corrected chi connectivity index (χ3v) is 5.37. The summed E-state index contributed by atoms with van der Waals surface area (Å²) >= 11 is 0. The van der Waals surface area contributed by atoms with Gasteiger partial charge in [-0.25, -0.2) is 0 Å². The lowest BCUT2D eigenvalue weighted by molar-refractivity contribution is 0.259. The highest BCUT2D eigenvalue weighted by Gasteiger charge is 2.23. The lowest BCUT2D eigenvalue weighted by atomic mass is 10.2. The quantitative estimate of drug-likeness (QED) is 0.307. The maximum Gasteiger partial charge on any atom is 0.191 e. The number of hydrogen-bond acceptors (Lipinski definition) is 4. The van der Waals surface area contributed by atoms with Gasteiger partial charge in [-0.15, -0.1) is 24.0 Å². The lowest BCUT2D eigenvalue weighted by Crippen LogP contribution is -2.44. The van der Waals surface area contributed by atoms with Gasteiger partial charge in [-0.3, -0.25) is 4.99 Å². The average Bonchev–Trinajstić information content (AvgIpc) is 3.20. The van der Waals surface area contributed by atoms with Crippen LogP contribution in [0.1, 0.15) is 17.5 Å². The van der Waals surface area contributed by atoms with E-state index in [1.54, 1.807) is 0 Å². The molecule has 2 aromatic rings. The van der Waals surface area contributed by atoms with Gasteiger partial charge in [0.1, 0.15) is 12.4 Å². The number of rotatable bonds is 8. The monoisotopic (exact) mass is 537 g/mol. The first kappa shape index (κ1) is 25.3. The highest BCUT2D eigenvalue weighted by atomic mass is 127. The van der Waals surface area contributed by atoms with Gasteiger partial charge in [0.05, 0.1) is 0 Å². The molecule has 0 amide bonds. The van der Waals surface area contributed by atoms with Crippen LogP contribution in [0.25, 0.3) is 0 Å². The van der Waals surface area contributed by atoms with Crippen molar-refractivity contribution in [3.63, 3.8) is 0 Å². The molecular weight excluding hydrogens is 501 g/mol. The molecule has 7 heteroatoms. The van der Waals surface area contributed by atoms with Crippen molar-refractivity contribution in [2.24, 2.45) is 4.99 Å². The van der Waals surface area contributed by atoms with Crippen LogP contribution in [0, 0.1) is 6.92 Å². The lowest BCUT2D eigenvalue weighted by Gasteiger charge is -2.21. The molecule has 3 rings (SSSR count). The number of likely N-dealkylation sites (N-methyl/N-ethyl adjacent to an activating group) is 1. The van der Waals surface area contributed by atoms with E-state index in [0.717, 1.165) is 43.3 Å². The Morgan fingerprint density at radius 1 is 1.16 bits per heavy atom. The molecule has 1 fully saturated rings. The number of hydrogen-bond donors (Lipinski definition) is 2. The average molecular weight is 537 g/mol. The molecule has 0 saturated carbocycles. The van der Waals surface area contributed by atoms with E-state index in [9.17, 15) is 0 Å². The molecule has 1 saturated heterocycles. The van der Waals surface area contributed by atoms with Gasteiger partial charge in [-0.05, 0) is 45.6 Å². The number of halogens is 1. The van der Waals surface area contributed by atoms with Gasteiger partial charge < -0.3 is 25.2 Å². The summed E-state index contributed by atoms with van der Waals surface area (Å²) in [6.45, 7) is 6.40. The second-order valence-corrected chi connectivity index (χ2v) is 8.10. The van der Waals surface area contributed by atoms with Crippen LogP contribution >= 0.6 is 24.0 Å². The number of guanidine groups is 1. The highest BCUT2D eigenvalue weighted by molar-refractivity contribution is 14.0. The van der Waals surface area contributed by atoms with E-state index in [4.69, 9.17) is 4.74 Å². The number of benzene rings is 2. The van der Waals surface area contributed by atoms with Gasteiger partial charge in [0.2, 0.25) is 0 Å². The predicted molar refractivity (Wildman–Crippen MR) is 141 cm³/mol. The molecule has 1 aliphatic rings. The van der Waals surface area contributed by atoms with Gasteiger partial charge in [0.25, 0.3) is 0 Å². The van der Waals surface area contributed by atoms with E-state index in [2.05, 4.69) is 76.8 Å². The summed E-state index contributed by atoms with van der Waals surface area (Å²) in [5.41, 5.74) is 3.71. The van der Waals surface area contributed by atoms with Crippen LogP contribution in [0.3, 0.4) is 0 Å². The van der Waals surface area contributed by atoms with Crippen molar-refractivity contribution in [1.29, 1.82) is 0 Å². The van der Waals surface area contributed by atoms with Crippen molar-refractivity contribution >= 4 is 35.6 Å². The molecule has 1 aliphatic heterocycles. The van der Waals surface area contributed by atoms with Crippen molar-refractivity contribution in [2.75, 3.05) is 52.3 Å². The van der Waals surface area contributed by atoms with Gasteiger partial charge in [-0.1, -0.05) is 35.9 Å². The van der Waals surface area contributed by atoms with Gasteiger partial charge in [0.15, 0.2) is 5.96 Å². The first-order valence-electron chi connectivity index (χ1n) is 10.7. The maximum atomic E-state index is 5.97. The molecule has 1 heterocycles. The summed E-state index contributed by atoms with van der Waals surface area (Å²) in [6, 6.07) is 17.3. The fourth-order valence-electron chi connectivity index (χ4n) is 3.56. The molecule has 2 aromatic carbocycles. The number of nitrogens with one attached hydrogen (secondary N) is 2.